The SMILES string of the molecule is CCN(CC)C(=O)[C@H]1[C@H](Cl)[C@H]1[C@H]1O[C@@H]2OC(C)(C)O[C@@H]2[C@H]1OCc1ccccc1. The Labute approximate surface area is 177 Å². The van der Waals surface area contributed by atoms with E-state index in [4.69, 9.17) is 30.5 Å². The van der Waals surface area contributed by atoms with Crippen LogP contribution in [0.5, 0.6) is 0 Å². The van der Waals surface area contributed by atoms with Crippen LogP contribution in [0.15, 0.2) is 30.3 Å². The largest absolute Gasteiger partial charge is 0.368 e. The van der Waals surface area contributed by atoms with Crippen LogP contribution in [0.4, 0.5) is 0 Å². The molecule has 0 unspecified atom stereocenters. The summed E-state index contributed by atoms with van der Waals surface area (Å²) >= 11 is 6.58. The smallest absolute Gasteiger partial charge is 0.227 e. The molecule has 6 nitrogen and oxygen atoms in total. The van der Waals surface area contributed by atoms with Crippen LogP contribution in [-0.2, 0) is 30.3 Å². The molecule has 4 rings (SSSR count). The molecule has 1 saturated carbocycles. The maximum atomic E-state index is 12.9. The molecule has 2 saturated heterocycles. The van der Waals surface area contributed by atoms with Crippen LogP contribution in [0.3, 0.4) is 0 Å². The summed E-state index contributed by atoms with van der Waals surface area (Å²) < 4.78 is 24.5. The Balaban J connectivity index is 1.50. The van der Waals surface area contributed by atoms with Crippen molar-refractivity contribution in [3.8, 4) is 0 Å². The molecule has 3 aliphatic rings. The molecule has 1 amide bonds. The van der Waals surface area contributed by atoms with E-state index in [1.165, 1.54) is 0 Å². The predicted octanol–water partition coefficient (Wildman–Crippen LogP) is 3.17. The Hall–Kier alpha value is -1.18. The van der Waals surface area contributed by atoms with Crippen LogP contribution in [0.2, 0.25) is 0 Å². The van der Waals surface area contributed by atoms with E-state index in [-0.39, 0.29) is 41.4 Å². The highest BCUT2D eigenvalue weighted by atomic mass is 35.5. The normalized spacial score (nSPS) is 37.3. The summed E-state index contributed by atoms with van der Waals surface area (Å²) in [6, 6.07) is 9.98. The van der Waals surface area contributed by atoms with Crippen LogP contribution < -0.4 is 0 Å². The third-order valence-corrected chi connectivity index (χ3v) is 6.60. The van der Waals surface area contributed by atoms with Crippen LogP contribution in [0, 0.1) is 11.8 Å². The van der Waals surface area contributed by atoms with E-state index in [0.717, 1.165) is 5.56 Å². The maximum absolute atomic E-state index is 12.9. The standard InChI is InChI=1S/C22H30ClNO5/c1-5-24(6-2)20(25)15-14(16(15)23)17-18(26-12-13-10-8-7-9-11-13)19-21(27-17)29-22(3,4)28-19/h7-11,14-19,21H,5-6,12H2,1-4H3/t14-,15+,16+,17+,18-,19+,21+/m0/s1. The third kappa shape index (κ3) is 4.06. The second-order valence-electron chi connectivity index (χ2n) is 8.39. The highest BCUT2D eigenvalue weighted by Crippen LogP contribution is 2.53. The van der Waals surface area contributed by atoms with Gasteiger partial charge in [0.25, 0.3) is 0 Å². The fourth-order valence-electron chi connectivity index (χ4n) is 4.50. The van der Waals surface area contributed by atoms with Gasteiger partial charge in [-0.1, -0.05) is 30.3 Å². The van der Waals surface area contributed by atoms with Crippen molar-refractivity contribution in [3.05, 3.63) is 35.9 Å². The first-order valence-electron chi connectivity index (χ1n) is 10.5. The molecular weight excluding hydrogens is 394 g/mol. The summed E-state index contributed by atoms with van der Waals surface area (Å²) in [5.41, 5.74) is 1.07. The van der Waals surface area contributed by atoms with Crippen molar-refractivity contribution < 1.29 is 23.7 Å². The summed E-state index contributed by atoms with van der Waals surface area (Å²) in [5.74, 6) is -0.998. The van der Waals surface area contributed by atoms with E-state index in [1.54, 1.807) is 0 Å². The zero-order valence-corrected chi connectivity index (χ0v) is 18.2. The van der Waals surface area contributed by atoms with Crippen molar-refractivity contribution in [3.63, 3.8) is 0 Å². The number of amides is 1. The molecule has 1 aliphatic carbocycles. The monoisotopic (exact) mass is 423 g/mol. The van der Waals surface area contributed by atoms with Crippen molar-refractivity contribution in [2.45, 2.75) is 70.1 Å². The summed E-state index contributed by atoms with van der Waals surface area (Å²) in [7, 11) is 0. The summed E-state index contributed by atoms with van der Waals surface area (Å²) in [5, 5.41) is -0.261. The summed E-state index contributed by atoms with van der Waals surface area (Å²) in [6.07, 6.45) is -1.53. The van der Waals surface area contributed by atoms with Crippen molar-refractivity contribution in [2.75, 3.05) is 13.1 Å². The Bertz CT molecular complexity index is 725. The molecule has 7 atom stereocenters. The highest BCUT2D eigenvalue weighted by Gasteiger charge is 2.66. The molecule has 2 heterocycles. The second-order valence-corrected chi connectivity index (χ2v) is 8.89. The first-order valence-corrected chi connectivity index (χ1v) is 10.9. The lowest BCUT2D eigenvalue weighted by atomic mass is 10.0. The van der Waals surface area contributed by atoms with Gasteiger partial charge in [-0.15, -0.1) is 11.6 Å². The number of hydrogen-bond donors (Lipinski definition) is 0. The Morgan fingerprint density at radius 2 is 1.83 bits per heavy atom. The van der Waals surface area contributed by atoms with Gasteiger partial charge in [0.2, 0.25) is 5.91 Å². The lowest BCUT2D eigenvalue weighted by Crippen LogP contribution is -2.39. The number of nitrogens with zero attached hydrogens (tertiary/aromatic N) is 1. The zero-order valence-electron chi connectivity index (χ0n) is 17.4. The van der Waals surface area contributed by atoms with Crippen LogP contribution in [-0.4, -0.2) is 59.7 Å². The molecule has 0 radical (unpaired) electrons. The molecule has 1 aromatic carbocycles. The quantitative estimate of drug-likeness (QED) is 0.630. The lowest BCUT2D eigenvalue weighted by Gasteiger charge is -2.26. The van der Waals surface area contributed by atoms with Gasteiger partial charge in [-0.25, -0.2) is 0 Å². The maximum Gasteiger partial charge on any atom is 0.227 e. The lowest BCUT2D eigenvalue weighted by molar-refractivity contribution is -0.222. The Morgan fingerprint density at radius 1 is 1.14 bits per heavy atom. The molecule has 3 fully saturated rings. The number of carbonyl (C=O) groups is 1. The van der Waals surface area contributed by atoms with Crippen molar-refractivity contribution in [1.82, 2.24) is 4.90 Å². The number of ether oxygens (including phenoxy) is 4. The fraction of sp³-hybridized carbons (Fsp3) is 0.682. The van der Waals surface area contributed by atoms with Crippen molar-refractivity contribution >= 4 is 17.5 Å². The number of fused-ring (bicyclic) bond motifs is 1. The van der Waals surface area contributed by atoms with Crippen LogP contribution in [0.25, 0.3) is 0 Å². The van der Waals surface area contributed by atoms with E-state index in [0.29, 0.717) is 19.7 Å². The van der Waals surface area contributed by atoms with Gasteiger partial charge in [0.15, 0.2) is 12.1 Å². The molecule has 0 N–H and O–H groups in total. The van der Waals surface area contributed by atoms with E-state index in [9.17, 15) is 4.79 Å². The number of carbonyl (C=O) groups excluding carboxylic acids is 1. The summed E-state index contributed by atoms with van der Waals surface area (Å²) in [6.45, 7) is 9.48. The number of rotatable bonds is 7. The molecular formula is C22H30ClNO5. The molecule has 0 bridgehead atoms. The molecule has 29 heavy (non-hydrogen) atoms. The second kappa shape index (κ2) is 8.16. The topological polar surface area (TPSA) is 57.2 Å². The van der Waals surface area contributed by atoms with Crippen LogP contribution in [0.1, 0.15) is 33.3 Å². The van der Waals surface area contributed by atoms with Crippen LogP contribution >= 0.6 is 11.6 Å². The number of benzene rings is 1. The van der Waals surface area contributed by atoms with Gasteiger partial charge >= 0.3 is 0 Å². The fourth-order valence-corrected chi connectivity index (χ4v) is 4.99. The van der Waals surface area contributed by atoms with Gasteiger partial charge in [-0.05, 0) is 33.3 Å². The molecule has 7 heteroatoms. The third-order valence-electron chi connectivity index (χ3n) is 6.04. The molecule has 0 spiro atoms. The Kier molecular flexibility index (Phi) is 5.93. The highest BCUT2D eigenvalue weighted by molar-refractivity contribution is 6.25. The minimum Gasteiger partial charge on any atom is -0.368 e. The Morgan fingerprint density at radius 3 is 2.48 bits per heavy atom. The molecule has 1 aromatic rings. The van der Waals surface area contributed by atoms with Crippen molar-refractivity contribution in [2.24, 2.45) is 11.8 Å². The zero-order chi connectivity index (χ0) is 20.8. The number of halogens is 1. The minimum absolute atomic E-state index is 0.0876. The number of hydrogen-bond acceptors (Lipinski definition) is 5. The van der Waals surface area contributed by atoms with E-state index >= 15 is 0 Å². The number of alkyl halides is 1. The van der Waals surface area contributed by atoms with Gasteiger partial charge in [0.1, 0.15) is 12.2 Å². The molecule has 160 valence electrons. The first kappa shape index (κ1) is 21.1. The average Bonchev–Trinajstić information content (AvgIpc) is 3.11. The van der Waals surface area contributed by atoms with E-state index < -0.39 is 12.1 Å². The van der Waals surface area contributed by atoms with Gasteiger partial charge in [-0.3, -0.25) is 4.79 Å². The van der Waals surface area contributed by atoms with Gasteiger partial charge < -0.3 is 23.8 Å². The van der Waals surface area contributed by atoms with Gasteiger partial charge in [0.05, 0.1) is 24.0 Å². The molecule has 2 aliphatic heterocycles. The average molecular weight is 424 g/mol. The van der Waals surface area contributed by atoms with Gasteiger partial charge in [0, 0.05) is 19.0 Å². The van der Waals surface area contributed by atoms with E-state index in [2.05, 4.69) is 0 Å². The summed E-state index contributed by atoms with van der Waals surface area (Å²) in [4.78, 5) is 14.7. The molecule has 0 aromatic heterocycles. The van der Waals surface area contributed by atoms with Gasteiger partial charge in [-0.2, -0.15) is 0 Å². The van der Waals surface area contributed by atoms with Crippen molar-refractivity contribution in [1.29, 1.82) is 0 Å². The van der Waals surface area contributed by atoms with E-state index in [1.807, 2.05) is 62.9 Å². The minimum atomic E-state index is -0.727. The predicted molar refractivity (Wildman–Crippen MR) is 108 cm³/mol. The first-order chi connectivity index (χ1) is 13.9.